The minimum Gasteiger partial charge on any atom is -0.356 e. The van der Waals surface area contributed by atoms with Crippen LogP contribution in [0.4, 0.5) is 11.4 Å². The monoisotopic (exact) mass is 497 g/mol. The van der Waals surface area contributed by atoms with Crippen molar-refractivity contribution >= 4 is 63.5 Å². The molecule has 0 bridgehead atoms. The number of thioether (sulfide) groups is 1. The van der Waals surface area contributed by atoms with Crippen LogP contribution < -0.4 is 10.6 Å². The molecule has 0 spiro atoms. The van der Waals surface area contributed by atoms with Crippen molar-refractivity contribution in [1.29, 1.82) is 0 Å². The van der Waals surface area contributed by atoms with Gasteiger partial charge in [-0.1, -0.05) is 54.9 Å². The van der Waals surface area contributed by atoms with E-state index < -0.39 is 6.04 Å². The van der Waals surface area contributed by atoms with E-state index in [0.29, 0.717) is 33.9 Å². The van der Waals surface area contributed by atoms with Gasteiger partial charge in [0.05, 0.1) is 17.9 Å². The minimum absolute atomic E-state index is 0.0298. The summed E-state index contributed by atoms with van der Waals surface area (Å²) in [6.45, 7) is 2.62. The van der Waals surface area contributed by atoms with E-state index in [1.54, 1.807) is 24.3 Å². The Morgan fingerprint density at radius 3 is 2.76 bits per heavy atom. The third-order valence-electron chi connectivity index (χ3n) is 5.22. The minimum atomic E-state index is -0.825. The summed E-state index contributed by atoms with van der Waals surface area (Å²) in [5, 5.41) is 6.50. The van der Waals surface area contributed by atoms with Gasteiger partial charge in [0.25, 0.3) is 5.91 Å². The van der Waals surface area contributed by atoms with Gasteiger partial charge < -0.3 is 10.6 Å². The normalized spacial score (nSPS) is 16.4. The number of rotatable bonds is 8. The van der Waals surface area contributed by atoms with Crippen molar-refractivity contribution in [3.63, 3.8) is 0 Å². The van der Waals surface area contributed by atoms with E-state index in [1.165, 1.54) is 4.90 Å². The van der Waals surface area contributed by atoms with Crippen molar-refractivity contribution in [1.82, 2.24) is 10.2 Å². The summed E-state index contributed by atoms with van der Waals surface area (Å²) in [4.78, 5) is 48.6. The number of para-hydroxylation sites is 1. The number of hydrogen-bond acceptors (Lipinski definition) is 6. The molecule has 1 unspecified atom stereocenters. The molecule has 0 fully saturated rings. The van der Waals surface area contributed by atoms with Crippen LogP contribution >= 0.6 is 23.4 Å². The molecule has 2 aromatic rings. The van der Waals surface area contributed by atoms with Gasteiger partial charge in [-0.05, 0) is 36.8 Å². The molecule has 34 heavy (non-hydrogen) atoms. The van der Waals surface area contributed by atoms with E-state index >= 15 is 0 Å². The van der Waals surface area contributed by atoms with Crippen LogP contribution in [-0.4, -0.2) is 52.0 Å². The number of nitrogens with zero attached hydrogens (tertiary/aromatic N) is 3. The van der Waals surface area contributed by atoms with E-state index in [0.717, 1.165) is 30.2 Å². The zero-order chi connectivity index (χ0) is 24.1. The summed E-state index contributed by atoms with van der Waals surface area (Å²) in [6, 6.07) is 13.4. The number of aliphatic imine (C=N–C) groups is 2. The second kappa shape index (κ2) is 10.8. The van der Waals surface area contributed by atoms with E-state index in [9.17, 15) is 14.4 Å². The number of carbonyl (C=O) groups is 3. The molecule has 4 rings (SSSR count). The lowest BCUT2D eigenvalue weighted by molar-refractivity contribution is -0.128. The van der Waals surface area contributed by atoms with Gasteiger partial charge in [-0.25, -0.2) is 9.89 Å². The Labute approximate surface area is 206 Å². The molecule has 2 aliphatic heterocycles. The zero-order valence-corrected chi connectivity index (χ0v) is 20.2. The molecular formula is C24H24ClN5O3S. The third-order valence-corrected chi connectivity index (χ3v) is 6.39. The summed E-state index contributed by atoms with van der Waals surface area (Å²) >= 11 is 7.11. The predicted octanol–water partition coefficient (Wildman–Crippen LogP) is 3.98. The highest BCUT2D eigenvalue weighted by molar-refractivity contribution is 8.14. The Morgan fingerprint density at radius 1 is 1.15 bits per heavy atom. The lowest BCUT2D eigenvalue weighted by Gasteiger charge is -2.25. The number of fused-ring (bicyclic) bond motifs is 3. The number of amides is 3. The molecule has 10 heteroatoms. The average Bonchev–Trinajstić information content (AvgIpc) is 3.14. The first-order valence-corrected chi connectivity index (χ1v) is 12.4. The van der Waals surface area contributed by atoms with Crippen LogP contribution in [0.5, 0.6) is 0 Å². The lowest BCUT2D eigenvalue weighted by atomic mass is 10.1. The van der Waals surface area contributed by atoms with Gasteiger partial charge in [-0.2, -0.15) is 0 Å². The molecule has 2 aromatic carbocycles. The standard InChI is InChI=1S/C24H24ClN5O3S/c1-2-3-11-26-20(31)13-19-23(33)30-22(28-19)17-9-4-5-10-18(17)29-24(30)34-14-21(32)27-16-8-6-7-15(25)12-16/h4-10,12,19H,2-3,11,13-14H2,1H3,(H,26,31)(H,27,32). The number of anilines is 1. The fourth-order valence-electron chi connectivity index (χ4n) is 3.58. The molecule has 8 nitrogen and oxygen atoms in total. The van der Waals surface area contributed by atoms with Crippen LogP contribution in [0.1, 0.15) is 31.7 Å². The third kappa shape index (κ3) is 5.48. The molecule has 0 radical (unpaired) electrons. The van der Waals surface area contributed by atoms with Crippen molar-refractivity contribution in [3.8, 4) is 0 Å². The Hall–Kier alpha value is -3.17. The molecule has 3 amide bonds. The number of halogens is 1. The van der Waals surface area contributed by atoms with Crippen LogP contribution in [0.3, 0.4) is 0 Å². The first-order chi connectivity index (χ1) is 16.5. The first-order valence-electron chi connectivity index (χ1n) is 11.0. The van der Waals surface area contributed by atoms with Crippen molar-refractivity contribution in [3.05, 3.63) is 59.1 Å². The molecule has 2 aliphatic rings. The number of amidine groups is 2. The summed E-state index contributed by atoms with van der Waals surface area (Å²) in [5.41, 5.74) is 1.97. The Kier molecular flexibility index (Phi) is 7.64. The number of carbonyl (C=O) groups excluding carboxylic acids is 3. The first kappa shape index (κ1) is 24.0. The highest BCUT2D eigenvalue weighted by atomic mass is 35.5. The molecule has 0 aromatic heterocycles. The lowest BCUT2D eigenvalue weighted by Crippen LogP contribution is -2.42. The van der Waals surface area contributed by atoms with Crippen LogP contribution in [-0.2, 0) is 14.4 Å². The highest BCUT2D eigenvalue weighted by Gasteiger charge is 2.42. The van der Waals surface area contributed by atoms with Crippen LogP contribution in [0.15, 0.2) is 58.5 Å². The van der Waals surface area contributed by atoms with Gasteiger partial charge in [0.2, 0.25) is 11.8 Å². The van der Waals surface area contributed by atoms with Gasteiger partial charge in [0, 0.05) is 22.8 Å². The van der Waals surface area contributed by atoms with Gasteiger partial charge in [-0.15, -0.1) is 0 Å². The fraction of sp³-hybridized carbons (Fsp3) is 0.292. The number of benzene rings is 2. The van der Waals surface area contributed by atoms with Gasteiger partial charge in [-0.3, -0.25) is 19.4 Å². The second-order valence-electron chi connectivity index (χ2n) is 7.81. The number of nitrogens with one attached hydrogen (secondary N) is 2. The largest absolute Gasteiger partial charge is 0.356 e. The van der Waals surface area contributed by atoms with Gasteiger partial charge in [0.15, 0.2) is 5.17 Å². The van der Waals surface area contributed by atoms with Gasteiger partial charge >= 0.3 is 0 Å². The summed E-state index contributed by atoms with van der Waals surface area (Å²) in [7, 11) is 0. The fourth-order valence-corrected chi connectivity index (χ4v) is 4.57. The quantitative estimate of drug-likeness (QED) is 0.538. The summed E-state index contributed by atoms with van der Waals surface area (Å²) in [6.07, 6.45) is 1.82. The molecule has 0 saturated carbocycles. The topological polar surface area (TPSA) is 103 Å². The van der Waals surface area contributed by atoms with Gasteiger partial charge in [0.1, 0.15) is 11.9 Å². The smallest absolute Gasteiger partial charge is 0.259 e. The van der Waals surface area contributed by atoms with Crippen molar-refractivity contribution in [2.24, 2.45) is 9.98 Å². The molecular weight excluding hydrogens is 474 g/mol. The summed E-state index contributed by atoms with van der Waals surface area (Å²) in [5.74, 6) is -0.300. The van der Waals surface area contributed by atoms with E-state index in [-0.39, 0.29) is 29.9 Å². The SMILES string of the molecule is CCCCNC(=O)CC1N=C2c3ccccc3N=C(SCC(=O)Nc3cccc(Cl)c3)N2C1=O. The molecule has 176 valence electrons. The maximum atomic E-state index is 13.2. The molecule has 0 aliphatic carbocycles. The second-order valence-corrected chi connectivity index (χ2v) is 9.19. The average molecular weight is 498 g/mol. The van der Waals surface area contributed by atoms with E-state index in [2.05, 4.69) is 20.6 Å². The van der Waals surface area contributed by atoms with Crippen LogP contribution in [0.2, 0.25) is 5.02 Å². The summed E-state index contributed by atoms with van der Waals surface area (Å²) < 4.78 is 0. The Bertz CT molecular complexity index is 1180. The van der Waals surface area contributed by atoms with Crippen molar-refractivity contribution < 1.29 is 14.4 Å². The number of hydrogen-bond donors (Lipinski definition) is 2. The van der Waals surface area contributed by atoms with Crippen LogP contribution in [0, 0.1) is 0 Å². The maximum Gasteiger partial charge on any atom is 0.259 e. The molecule has 0 saturated heterocycles. The maximum absolute atomic E-state index is 13.2. The zero-order valence-electron chi connectivity index (χ0n) is 18.6. The van der Waals surface area contributed by atoms with E-state index in [1.807, 2.05) is 31.2 Å². The molecule has 2 N–H and O–H groups in total. The van der Waals surface area contributed by atoms with E-state index in [4.69, 9.17) is 11.6 Å². The van der Waals surface area contributed by atoms with Crippen molar-refractivity contribution in [2.75, 3.05) is 17.6 Å². The molecule has 2 heterocycles. The predicted molar refractivity (Wildman–Crippen MR) is 136 cm³/mol. The highest BCUT2D eigenvalue weighted by Crippen LogP contribution is 2.34. The number of unbranched alkanes of at least 4 members (excludes halogenated alkanes) is 1. The Balaban J connectivity index is 1.49. The molecule has 1 atom stereocenters. The van der Waals surface area contributed by atoms with Crippen LogP contribution in [0.25, 0.3) is 0 Å². The van der Waals surface area contributed by atoms with Crippen molar-refractivity contribution in [2.45, 2.75) is 32.2 Å². The Morgan fingerprint density at radius 2 is 1.97 bits per heavy atom.